The molecule has 6 heteroatoms. The van der Waals surface area contributed by atoms with Crippen molar-refractivity contribution in [3.63, 3.8) is 0 Å². The molecule has 3 N–H and O–H groups in total. The van der Waals surface area contributed by atoms with E-state index in [1.54, 1.807) is 12.1 Å². The summed E-state index contributed by atoms with van der Waals surface area (Å²) in [7, 11) is 0. The predicted molar refractivity (Wildman–Crippen MR) is 76.2 cm³/mol. The van der Waals surface area contributed by atoms with Crippen LogP contribution in [-0.2, 0) is 4.74 Å². The monoisotopic (exact) mass is 328 g/mol. The van der Waals surface area contributed by atoms with Crippen LogP contribution in [0.15, 0.2) is 28.7 Å². The maximum atomic E-state index is 11.9. The van der Waals surface area contributed by atoms with Crippen LogP contribution in [-0.4, -0.2) is 36.5 Å². The third-order valence-corrected chi connectivity index (χ3v) is 3.76. The molecule has 19 heavy (non-hydrogen) atoms. The zero-order valence-corrected chi connectivity index (χ0v) is 12.1. The van der Waals surface area contributed by atoms with Gasteiger partial charge in [0.15, 0.2) is 0 Å². The lowest BCUT2D eigenvalue weighted by Gasteiger charge is -2.36. The van der Waals surface area contributed by atoms with Gasteiger partial charge in [-0.15, -0.1) is 0 Å². The summed E-state index contributed by atoms with van der Waals surface area (Å²) < 4.78 is 6.21. The molecule has 1 fully saturated rings. The summed E-state index contributed by atoms with van der Waals surface area (Å²) in [6.07, 6.45) is 1.24. The summed E-state index contributed by atoms with van der Waals surface area (Å²) in [6, 6.07) is 7.01. The molecule has 2 rings (SSSR count). The lowest BCUT2D eigenvalue weighted by atomic mass is 9.91. The minimum Gasteiger partial charge on any atom is -0.394 e. The van der Waals surface area contributed by atoms with Crippen LogP contribution >= 0.6 is 15.9 Å². The fraction of sp³-hybridized carbons (Fsp3) is 0.462. The maximum absolute atomic E-state index is 11.9. The first-order valence-electron chi connectivity index (χ1n) is 6.17. The van der Waals surface area contributed by atoms with Gasteiger partial charge < -0.3 is 20.5 Å². The third-order valence-electron chi connectivity index (χ3n) is 3.23. The largest absolute Gasteiger partial charge is 0.394 e. The van der Waals surface area contributed by atoms with Crippen molar-refractivity contribution in [2.24, 2.45) is 0 Å². The predicted octanol–water partition coefficient (Wildman–Crippen LogP) is 2.11. The van der Waals surface area contributed by atoms with Gasteiger partial charge in [-0.2, -0.15) is 0 Å². The second-order valence-electron chi connectivity index (χ2n) is 4.64. The van der Waals surface area contributed by atoms with Crippen molar-refractivity contribution in [1.29, 1.82) is 0 Å². The molecular weight excluding hydrogens is 312 g/mol. The number of anilines is 1. The maximum Gasteiger partial charge on any atom is 0.319 e. The van der Waals surface area contributed by atoms with Gasteiger partial charge in [0.1, 0.15) is 0 Å². The molecule has 0 aromatic heterocycles. The van der Waals surface area contributed by atoms with Crippen LogP contribution in [0.1, 0.15) is 12.8 Å². The van der Waals surface area contributed by atoms with E-state index in [4.69, 9.17) is 4.74 Å². The number of carbonyl (C=O) groups excluding carboxylic acids is 1. The average molecular weight is 329 g/mol. The van der Waals surface area contributed by atoms with Gasteiger partial charge in [-0.1, -0.05) is 15.9 Å². The van der Waals surface area contributed by atoms with Gasteiger partial charge in [-0.05, 0) is 37.1 Å². The fourth-order valence-electron chi connectivity index (χ4n) is 2.02. The van der Waals surface area contributed by atoms with Crippen molar-refractivity contribution in [2.45, 2.75) is 18.4 Å². The van der Waals surface area contributed by atoms with Crippen LogP contribution in [0.3, 0.4) is 0 Å². The topological polar surface area (TPSA) is 70.6 Å². The van der Waals surface area contributed by atoms with Crippen molar-refractivity contribution in [2.75, 3.05) is 25.1 Å². The highest BCUT2D eigenvalue weighted by Crippen LogP contribution is 2.20. The zero-order valence-electron chi connectivity index (χ0n) is 10.5. The number of ether oxygens (including phenoxy) is 1. The second kappa shape index (κ2) is 6.36. The Hall–Kier alpha value is -1.11. The minimum absolute atomic E-state index is 0.0792. The summed E-state index contributed by atoms with van der Waals surface area (Å²) in [5, 5.41) is 15.1. The minimum atomic E-state index is -0.572. The molecule has 1 heterocycles. The molecule has 2 amide bonds. The molecule has 0 aliphatic carbocycles. The molecule has 1 aromatic carbocycles. The second-order valence-corrected chi connectivity index (χ2v) is 5.55. The molecule has 5 nitrogen and oxygen atoms in total. The fourth-order valence-corrected chi connectivity index (χ4v) is 2.29. The number of aliphatic hydroxyl groups excluding tert-OH is 1. The standard InChI is InChI=1S/C13H17BrN2O3/c14-10-1-3-11(4-2-10)15-12(18)16-13(9-17)5-7-19-8-6-13/h1-4,17H,5-9H2,(H2,15,16,18). The summed E-state index contributed by atoms with van der Waals surface area (Å²) >= 11 is 3.34. The summed E-state index contributed by atoms with van der Waals surface area (Å²) in [5.41, 5.74) is 0.137. The molecule has 1 aliphatic heterocycles. The Kier molecular flexibility index (Phi) is 4.79. The van der Waals surface area contributed by atoms with Crippen LogP contribution in [0, 0.1) is 0 Å². The molecule has 104 valence electrons. The molecule has 1 saturated heterocycles. The van der Waals surface area contributed by atoms with E-state index in [9.17, 15) is 9.90 Å². The van der Waals surface area contributed by atoms with Crippen molar-refractivity contribution in [1.82, 2.24) is 5.32 Å². The molecule has 0 unspecified atom stereocenters. The highest BCUT2D eigenvalue weighted by atomic mass is 79.9. The first-order valence-corrected chi connectivity index (χ1v) is 6.96. The SMILES string of the molecule is O=C(Nc1ccc(Br)cc1)NC1(CO)CCOCC1. The number of aliphatic hydroxyl groups is 1. The van der Waals surface area contributed by atoms with Crippen LogP contribution in [0.25, 0.3) is 0 Å². The van der Waals surface area contributed by atoms with E-state index in [1.807, 2.05) is 12.1 Å². The number of carbonyl (C=O) groups is 1. The number of nitrogens with one attached hydrogen (secondary N) is 2. The van der Waals surface area contributed by atoms with E-state index < -0.39 is 5.54 Å². The number of hydrogen-bond acceptors (Lipinski definition) is 3. The van der Waals surface area contributed by atoms with Crippen molar-refractivity contribution >= 4 is 27.6 Å². The van der Waals surface area contributed by atoms with Gasteiger partial charge in [0.2, 0.25) is 0 Å². The Morgan fingerprint density at radius 1 is 1.32 bits per heavy atom. The molecule has 0 radical (unpaired) electrons. The van der Waals surface area contributed by atoms with Crippen LogP contribution < -0.4 is 10.6 Å². The molecule has 0 saturated carbocycles. The molecule has 1 aromatic rings. The molecule has 1 aliphatic rings. The van der Waals surface area contributed by atoms with E-state index in [-0.39, 0.29) is 12.6 Å². The van der Waals surface area contributed by atoms with Crippen molar-refractivity contribution in [3.8, 4) is 0 Å². The number of amides is 2. The van der Waals surface area contributed by atoms with Crippen LogP contribution in [0.5, 0.6) is 0 Å². The Balaban J connectivity index is 1.94. The van der Waals surface area contributed by atoms with Gasteiger partial charge in [-0.3, -0.25) is 0 Å². The summed E-state index contributed by atoms with van der Waals surface area (Å²) in [4.78, 5) is 11.9. The summed E-state index contributed by atoms with van der Waals surface area (Å²) in [6.45, 7) is 1.03. The number of halogens is 1. The van der Waals surface area contributed by atoms with Gasteiger partial charge in [0.25, 0.3) is 0 Å². The first kappa shape index (κ1) is 14.3. The van der Waals surface area contributed by atoms with E-state index in [1.165, 1.54) is 0 Å². The van der Waals surface area contributed by atoms with E-state index >= 15 is 0 Å². The first-order chi connectivity index (χ1) is 9.13. The Morgan fingerprint density at radius 2 is 1.95 bits per heavy atom. The highest BCUT2D eigenvalue weighted by molar-refractivity contribution is 9.10. The Morgan fingerprint density at radius 3 is 2.53 bits per heavy atom. The van der Waals surface area contributed by atoms with Crippen LogP contribution in [0.4, 0.5) is 10.5 Å². The number of hydrogen-bond donors (Lipinski definition) is 3. The van der Waals surface area contributed by atoms with Gasteiger partial charge in [0, 0.05) is 23.4 Å². The van der Waals surface area contributed by atoms with E-state index in [2.05, 4.69) is 26.6 Å². The Labute approximate surface area is 120 Å². The summed E-state index contributed by atoms with van der Waals surface area (Å²) in [5.74, 6) is 0. The number of benzene rings is 1. The zero-order chi connectivity index (χ0) is 13.7. The van der Waals surface area contributed by atoms with Crippen LogP contribution in [0.2, 0.25) is 0 Å². The van der Waals surface area contributed by atoms with E-state index in [0.717, 1.165) is 4.47 Å². The Bertz CT molecular complexity index is 430. The quantitative estimate of drug-likeness (QED) is 0.795. The number of urea groups is 1. The van der Waals surface area contributed by atoms with Gasteiger partial charge in [0.05, 0.1) is 12.1 Å². The van der Waals surface area contributed by atoms with Crippen molar-refractivity contribution < 1.29 is 14.6 Å². The van der Waals surface area contributed by atoms with E-state index in [0.29, 0.717) is 31.7 Å². The van der Waals surface area contributed by atoms with Crippen molar-refractivity contribution in [3.05, 3.63) is 28.7 Å². The lowest BCUT2D eigenvalue weighted by Crippen LogP contribution is -2.55. The molecule has 0 spiro atoms. The number of rotatable bonds is 3. The molecular formula is C13H17BrN2O3. The average Bonchev–Trinajstić information content (AvgIpc) is 2.42. The van der Waals surface area contributed by atoms with Gasteiger partial charge >= 0.3 is 6.03 Å². The smallest absolute Gasteiger partial charge is 0.319 e. The normalized spacial score (nSPS) is 17.8. The lowest BCUT2D eigenvalue weighted by molar-refractivity contribution is 0.0179. The van der Waals surface area contributed by atoms with Gasteiger partial charge in [-0.25, -0.2) is 4.79 Å². The highest BCUT2D eigenvalue weighted by Gasteiger charge is 2.33. The third kappa shape index (κ3) is 3.92. The molecule has 0 bridgehead atoms. The molecule has 0 atom stereocenters.